The van der Waals surface area contributed by atoms with Gasteiger partial charge in [0.1, 0.15) is 0 Å². The van der Waals surface area contributed by atoms with Crippen LogP contribution in [0.15, 0.2) is 60.7 Å². The summed E-state index contributed by atoms with van der Waals surface area (Å²) in [4.78, 5) is 27.3. The summed E-state index contributed by atoms with van der Waals surface area (Å²) in [5.41, 5.74) is 1.95. The zero-order valence-corrected chi connectivity index (χ0v) is 15.9. The lowest BCUT2D eigenvalue weighted by molar-refractivity contribution is -0.126. The van der Waals surface area contributed by atoms with Crippen molar-refractivity contribution in [3.8, 4) is 0 Å². The summed E-state index contributed by atoms with van der Waals surface area (Å²) in [7, 11) is 0. The molecular formula is C23H28N2O2. The van der Waals surface area contributed by atoms with Crippen molar-refractivity contribution in [2.24, 2.45) is 11.8 Å². The summed E-state index contributed by atoms with van der Waals surface area (Å²) in [5, 5.41) is 2.98. The van der Waals surface area contributed by atoms with Crippen molar-refractivity contribution in [1.82, 2.24) is 5.32 Å². The van der Waals surface area contributed by atoms with E-state index in [1.54, 1.807) is 0 Å². The first kappa shape index (κ1) is 19.2. The van der Waals surface area contributed by atoms with Crippen LogP contribution in [0.25, 0.3) is 0 Å². The van der Waals surface area contributed by atoms with Gasteiger partial charge in [0, 0.05) is 12.2 Å². The highest BCUT2D eigenvalue weighted by Crippen LogP contribution is 2.41. The molecule has 0 aromatic heterocycles. The molecule has 0 saturated heterocycles. The van der Waals surface area contributed by atoms with E-state index in [0.29, 0.717) is 19.5 Å². The number of carbonyl (C=O) groups is 2. The van der Waals surface area contributed by atoms with Crippen molar-refractivity contribution in [2.75, 3.05) is 11.4 Å². The Hall–Kier alpha value is -2.62. The summed E-state index contributed by atoms with van der Waals surface area (Å²) >= 11 is 0. The first-order valence-corrected chi connectivity index (χ1v) is 9.88. The summed E-state index contributed by atoms with van der Waals surface area (Å²) in [6.45, 7) is 3.36. The Morgan fingerprint density at radius 1 is 0.963 bits per heavy atom. The third-order valence-corrected chi connectivity index (χ3v) is 5.04. The van der Waals surface area contributed by atoms with E-state index in [-0.39, 0.29) is 23.7 Å². The minimum absolute atomic E-state index is 0.0252. The molecular weight excluding hydrogens is 336 g/mol. The third-order valence-electron chi connectivity index (χ3n) is 5.04. The van der Waals surface area contributed by atoms with E-state index in [0.717, 1.165) is 30.5 Å². The SMILES string of the molecule is CCCCCNC(=O)C1CC1C(=O)N(Cc1ccccc1)c1ccccc1. The Bertz CT molecular complexity index is 745. The molecule has 1 N–H and O–H groups in total. The summed E-state index contributed by atoms with van der Waals surface area (Å²) in [6.07, 6.45) is 3.90. The maximum Gasteiger partial charge on any atom is 0.231 e. The highest BCUT2D eigenvalue weighted by molar-refractivity contribution is 6.01. The second kappa shape index (κ2) is 9.36. The lowest BCUT2D eigenvalue weighted by Crippen LogP contribution is -2.34. The van der Waals surface area contributed by atoms with E-state index >= 15 is 0 Å². The maximum absolute atomic E-state index is 13.1. The van der Waals surface area contributed by atoms with Crippen molar-refractivity contribution in [3.63, 3.8) is 0 Å². The molecule has 2 atom stereocenters. The van der Waals surface area contributed by atoms with Gasteiger partial charge in [0.15, 0.2) is 0 Å². The van der Waals surface area contributed by atoms with Gasteiger partial charge in [0.2, 0.25) is 11.8 Å². The minimum Gasteiger partial charge on any atom is -0.356 e. The molecule has 3 rings (SSSR count). The summed E-state index contributed by atoms with van der Waals surface area (Å²) in [5.74, 6) is -0.322. The van der Waals surface area contributed by atoms with Crippen molar-refractivity contribution >= 4 is 17.5 Å². The maximum atomic E-state index is 13.1. The number of hydrogen-bond donors (Lipinski definition) is 1. The number of para-hydroxylation sites is 1. The Morgan fingerprint density at radius 3 is 2.30 bits per heavy atom. The molecule has 1 saturated carbocycles. The highest BCUT2D eigenvalue weighted by Gasteiger charge is 2.49. The number of amides is 2. The van der Waals surface area contributed by atoms with Crippen LogP contribution in [0.3, 0.4) is 0 Å². The first-order chi connectivity index (χ1) is 13.2. The van der Waals surface area contributed by atoms with E-state index in [9.17, 15) is 9.59 Å². The van der Waals surface area contributed by atoms with Crippen molar-refractivity contribution in [3.05, 3.63) is 66.2 Å². The summed E-state index contributed by atoms with van der Waals surface area (Å²) in [6, 6.07) is 19.7. The van der Waals surface area contributed by atoms with Gasteiger partial charge in [0.25, 0.3) is 0 Å². The number of rotatable bonds is 9. The zero-order valence-electron chi connectivity index (χ0n) is 15.9. The normalized spacial score (nSPS) is 18.0. The van der Waals surface area contributed by atoms with Gasteiger partial charge < -0.3 is 10.2 Å². The quantitative estimate of drug-likeness (QED) is 0.679. The van der Waals surface area contributed by atoms with Gasteiger partial charge in [-0.2, -0.15) is 0 Å². The second-order valence-electron chi connectivity index (χ2n) is 7.19. The van der Waals surface area contributed by atoms with E-state index < -0.39 is 0 Å². The molecule has 4 heteroatoms. The van der Waals surface area contributed by atoms with Crippen LogP contribution in [0.4, 0.5) is 5.69 Å². The molecule has 2 amide bonds. The number of unbranched alkanes of at least 4 members (excludes halogenated alkanes) is 2. The van der Waals surface area contributed by atoms with E-state index in [1.165, 1.54) is 0 Å². The Labute approximate surface area is 161 Å². The molecule has 0 spiro atoms. The fraction of sp³-hybridized carbons (Fsp3) is 0.391. The van der Waals surface area contributed by atoms with Gasteiger partial charge in [-0.3, -0.25) is 9.59 Å². The fourth-order valence-electron chi connectivity index (χ4n) is 3.35. The number of nitrogens with one attached hydrogen (secondary N) is 1. The molecule has 1 aliphatic rings. The molecule has 1 fully saturated rings. The lowest BCUT2D eigenvalue weighted by Gasteiger charge is -2.23. The van der Waals surface area contributed by atoms with Gasteiger partial charge in [-0.15, -0.1) is 0 Å². The predicted octanol–water partition coefficient (Wildman–Crippen LogP) is 4.16. The third kappa shape index (κ3) is 5.19. The molecule has 142 valence electrons. The average Bonchev–Trinajstić information content (AvgIpc) is 3.51. The van der Waals surface area contributed by atoms with Crippen LogP contribution in [-0.4, -0.2) is 18.4 Å². The van der Waals surface area contributed by atoms with Crippen LogP contribution in [0, 0.1) is 11.8 Å². The minimum atomic E-state index is -0.208. The summed E-state index contributed by atoms with van der Waals surface area (Å²) < 4.78 is 0. The molecule has 27 heavy (non-hydrogen) atoms. The Kier molecular flexibility index (Phi) is 6.64. The van der Waals surface area contributed by atoms with E-state index in [4.69, 9.17) is 0 Å². The molecule has 0 heterocycles. The van der Waals surface area contributed by atoms with Crippen molar-refractivity contribution in [2.45, 2.75) is 39.2 Å². The number of anilines is 1. The number of carbonyl (C=O) groups excluding carboxylic acids is 2. The van der Waals surface area contributed by atoms with E-state index in [1.807, 2.05) is 65.6 Å². The molecule has 1 aliphatic carbocycles. The standard InChI is InChI=1S/C23H28N2O2/c1-2-3-10-15-24-22(26)20-16-21(20)23(27)25(19-13-8-5-9-14-19)17-18-11-6-4-7-12-18/h4-9,11-14,20-21H,2-3,10,15-17H2,1H3,(H,24,26). The monoisotopic (exact) mass is 364 g/mol. The van der Waals surface area contributed by atoms with Crippen LogP contribution >= 0.6 is 0 Å². The predicted molar refractivity (Wildman–Crippen MR) is 108 cm³/mol. The number of hydrogen-bond acceptors (Lipinski definition) is 2. The van der Waals surface area contributed by atoms with Crippen LogP contribution in [0.2, 0.25) is 0 Å². The van der Waals surface area contributed by atoms with E-state index in [2.05, 4.69) is 12.2 Å². The van der Waals surface area contributed by atoms with Gasteiger partial charge in [-0.1, -0.05) is 68.3 Å². The average molecular weight is 364 g/mol. The zero-order chi connectivity index (χ0) is 19.1. The number of benzene rings is 2. The van der Waals surface area contributed by atoms with Crippen LogP contribution in [-0.2, 0) is 16.1 Å². The molecule has 0 bridgehead atoms. The smallest absolute Gasteiger partial charge is 0.231 e. The molecule has 2 aromatic carbocycles. The van der Waals surface area contributed by atoms with Crippen molar-refractivity contribution in [1.29, 1.82) is 0 Å². The first-order valence-electron chi connectivity index (χ1n) is 9.88. The molecule has 2 aromatic rings. The molecule has 2 unspecified atom stereocenters. The Balaban J connectivity index is 1.65. The molecule has 0 radical (unpaired) electrons. The van der Waals surface area contributed by atoms with Crippen LogP contribution in [0.1, 0.15) is 38.2 Å². The lowest BCUT2D eigenvalue weighted by atomic mass is 10.1. The highest BCUT2D eigenvalue weighted by atomic mass is 16.2. The Morgan fingerprint density at radius 2 is 1.63 bits per heavy atom. The number of nitrogens with zero attached hydrogens (tertiary/aromatic N) is 1. The van der Waals surface area contributed by atoms with Gasteiger partial charge >= 0.3 is 0 Å². The largest absolute Gasteiger partial charge is 0.356 e. The van der Waals surface area contributed by atoms with Gasteiger partial charge in [-0.25, -0.2) is 0 Å². The van der Waals surface area contributed by atoms with Gasteiger partial charge in [0.05, 0.1) is 18.4 Å². The van der Waals surface area contributed by atoms with Crippen LogP contribution < -0.4 is 10.2 Å². The van der Waals surface area contributed by atoms with Crippen molar-refractivity contribution < 1.29 is 9.59 Å². The topological polar surface area (TPSA) is 49.4 Å². The fourth-order valence-corrected chi connectivity index (χ4v) is 3.35. The molecule has 4 nitrogen and oxygen atoms in total. The molecule has 0 aliphatic heterocycles. The van der Waals surface area contributed by atoms with Crippen LogP contribution in [0.5, 0.6) is 0 Å². The van der Waals surface area contributed by atoms with Gasteiger partial charge in [-0.05, 0) is 30.5 Å². The second-order valence-corrected chi connectivity index (χ2v) is 7.19.